The number of benzene rings is 1. The average Bonchev–Trinajstić information content (AvgIpc) is 3.06. The van der Waals surface area contributed by atoms with E-state index >= 15 is 0 Å². The average molecular weight is 380 g/mol. The first-order valence-electron chi connectivity index (χ1n) is 8.51. The van der Waals surface area contributed by atoms with Crippen LogP contribution in [-0.4, -0.2) is 37.9 Å². The van der Waals surface area contributed by atoms with Gasteiger partial charge in [0.15, 0.2) is 0 Å². The molecular weight excluding hydrogens is 358 g/mol. The Morgan fingerprint density at radius 3 is 3.04 bits per heavy atom. The minimum Gasteiger partial charge on any atom is -0.352 e. The van der Waals surface area contributed by atoms with Crippen LogP contribution < -0.4 is 5.32 Å². The van der Waals surface area contributed by atoms with Crippen molar-refractivity contribution < 1.29 is 4.79 Å². The number of halogens is 1. The summed E-state index contributed by atoms with van der Waals surface area (Å²) >= 11 is 7.35. The molecule has 1 amide bonds. The summed E-state index contributed by atoms with van der Waals surface area (Å²) in [5.74, 6) is 1.48. The summed E-state index contributed by atoms with van der Waals surface area (Å²) in [7, 11) is 0. The van der Waals surface area contributed by atoms with E-state index in [0.717, 1.165) is 12.1 Å². The Labute approximate surface area is 156 Å². The number of nitrogens with zero attached hydrogens (tertiary/aromatic N) is 4. The Kier molecular flexibility index (Phi) is 5.96. The van der Waals surface area contributed by atoms with Crippen molar-refractivity contribution in [2.75, 3.05) is 5.75 Å². The highest BCUT2D eigenvalue weighted by molar-refractivity contribution is 7.99. The summed E-state index contributed by atoms with van der Waals surface area (Å²) in [5.41, 5.74) is 0.773. The number of tetrazole rings is 1. The highest BCUT2D eigenvalue weighted by Gasteiger charge is 2.28. The molecule has 3 rings (SSSR count). The van der Waals surface area contributed by atoms with Gasteiger partial charge in [-0.15, -0.1) is 5.10 Å². The minimum absolute atomic E-state index is 0.0246. The zero-order valence-corrected chi connectivity index (χ0v) is 15.9. The molecule has 25 heavy (non-hydrogen) atoms. The Hall–Kier alpha value is -1.60. The van der Waals surface area contributed by atoms with E-state index in [1.54, 1.807) is 16.8 Å². The van der Waals surface area contributed by atoms with Gasteiger partial charge in [-0.25, -0.2) is 0 Å². The molecule has 0 bridgehead atoms. The number of carbonyl (C=O) groups is 1. The van der Waals surface area contributed by atoms with Gasteiger partial charge in [0, 0.05) is 11.1 Å². The van der Waals surface area contributed by atoms with Crippen LogP contribution in [0.2, 0.25) is 5.02 Å². The van der Waals surface area contributed by atoms with E-state index in [1.165, 1.54) is 24.6 Å². The molecule has 1 aromatic carbocycles. The first-order chi connectivity index (χ1) is 12.0. The normalized spacial score (nSPS) is 23.4. The molecule has 0 saturated heterocycles. The minimum atomic E-state index is 0.0246. The Bertz CT molecular complexity index is 737. The van der Waals surface area contributed by atoms with Gasteiger partial charge < -0.3 is 5.32 Å². The van der Waals surface area contributed by atoms with E-state index in [1.807, 2.05) is 12.1 Å². The lowest BCUT2D eigenvalue weighted by atomic mass is 9.78. The molecule has 134 valence electrons. The highest BCUT2D eigenvalue weighted by Crippen LogP contribution is 2.29. The third-order valence-electron chi connectivity index (χ3n) is 4.88. The number of hydrogen-bond donors (Lipinski definition) is 1. The van der Waals surface area contributed by atoms with Crippen LogP contribution in [0, 0.1) is 11.8 Å². The molecule has 1 aliphatic rings. The van der Waals surface area contributed by atoms with Crippen LogP contribution >= 0.6 is 23.4 Å². The second-order valence-corrected chi connectivity index (χ2v) is 7.96. The maximum Gasteiger partial charge on any atom is 0.230 e. The molecule has 1 aromatic heterocycles. The van der Waals surface area contributed by atoms with Crippen molar-refractivity contribution in [2.45, 2.75) is 44.3 Å². The number of carbonyl (C=O) groups excluding carboxylic acids is 1. The first-order valence-corrected chi connectivity index (χ1v) is 9.87. The van der Waals surface area contributed by atoms with E-state index < -0.39 is 0 Å². The molecule has 6 nitrogen and oxygen atoms in total. The molecule has 3 atom stereocenters. The maximum absolute atomic E-state index is 12.3. The van der Waals surface area contributed by atoms with E-state index in [0.29, 0.717) is 27.8 Å². The van der Waals surface area contributed by atoms with E-state index in [4.69, 9.17) is 11.6 Å². The molecule has 1 fully saturated rings. The van der Waals surface area contributed by atoms with E-state index in [9.17, 15) is 4.79 Å². The number of amides is 1. The Balaban J connectivity index is 1.59. The topological polar surface area (TPSA) is 72.7 Å². The quantitative estimate of drug-likeness (QED) is 0.806. The van der Waals surface area contributed by atoms with Crippen molar-refractivity contribution in [1.82, 2.24) is 25.5 Å². The van der Waals surface area contributed by atoms with Gasteiger partial charge in [-0.2, -0.15) is 4.68 Å². The van der Waals surface area contributed by atoms with Gasteiger partial charge in [-0.05, 0) is 46.9 Å². The number of nitrogens with one attached hydrogen (secondary N) is 1. The molecule has 8 heteroatoms. The molecule has 1 aliphatic carbocycles. The van der Waals surface area contributed by atoms with Crippen LogP contribution in [0.15, 0.2) is 29.4 Å². The zero-order chi connectivity index (χ0) is 17.8. The van der Waals surface area contributed by atoms with Gasteiger partial charge in [0.25, 0.3) is 0 Å². The van der Waals surface area contributed by atoms with Gasteiger partial charge in [0.05, 0.1) is 11.4 Å². The van der Waals surface area contributed by atoms with Crippen LogP contribution in [-0.2, 0) is 4.79 Å². The third-order valence-corrected chi connectivity index (χ3v) is 6.03. The molecule has 1 N–H and O–H groups in total. The van der Waals surface area contributed by atoms with Gasteiger partial charge in [0.1, 0.15) is 0 Å². The van der Waals surface area contributed by atoms with Gasteiger partial charge >= 0.3 is 0 Å². The first kappa shape index (κ1) is 18.2. The lowest BCUT2D eigenvalue weighted by Crippen LogP contribution is -2.44. The summed E-state index contributed by atoms with van der Waals surface area (Å²) in [5, 5.41) is 16.1. The summed E-state index contributed by atoms with van der Waals surface area (Å²) in [6.07, 6.45) is 3.48. The fourth-order valence-corrected chi connectivity index (χ4v) is 4.09. The zero-order valence-electron chi connectivity index (χ0n) is 14.4. The summed E-state index contributed by atoms with van der Waals surface area (Å²) in [6.45, 7) is 4.48. The lowest BCUT2D eigenvalue weighted by molar-refractivity contribution is -0.120. The molecule has 0 radical (unpaired) electrons. The number of rotatable bonds is 5. The summed E-state index contributed by atoms with van der Waals surface area (Å²) in [4.78, 5) is 12.3. The predicted molar refractivity (Wildman–Crippen MR) is 99.0 cm³/mol. The van der Waals surface area contributed by atoms with Crippen molar-refractivity contribution in [3.05, 3.63) is 29.3 Å². The van der Waals surface area contributed by atoms with Crippen LogP contribution in [0.3, 0.4) is 0 Å². The SMILES string of the molecule is C[C@@H]1[C@@H](C)CCC[C@H]1NC(=O)CSc1nnnn1-c1cccc(Cl)c1. The predicted octanol–water partition coefficient (Wildman–Crippen LogP) is 3.35. The Morgan fingerprint density at radius 2 is 2.24 bits per heavy atom. The number of aromatic nitrogens is 4. The Morgan fingerprint density at radius 1 is 1.40 bits per heavy atom. The van der Waals surface area contributed by atoms with Crippen molar-refractivity contribution in [3.63, 3.8) is 0 Å². The fraction of sp³-hybridized carbons (Fsp3) is 0.529. The summed E-state index contributed by atoms with van der Waals surface area (Å²) in [6, 6.07) is 7.56. The number of hydrogen-bond acceptors (Lipinski definition) is 5. The molecular formula is C17H22ClN5OS. The standard InChI is InChI=1S/C17H22ClN5OS/c1-11-5-3-8-15(12(11)2)19-16(24)10-25-17-20-21-22-23(17)14-7-4-6-13(18)9-14/h4,6-7,9,11-12,15H,3,5,8,10H2,1-2H3,(H,19,24)/t11-,12+,15+/m0/s1. The van der Waals surface area contributed by atoms with E-state index in [-0.39, 0.29) is 11.9 Å². The smallest absolute Gasteiger partial charge is 0.230 e. The van der Waals surface area contributed by atoms with Crippen molar-refractivity contribution in [2.24, 2.45) is 11.8 Å². The third kappa shape index (κ3) is 4.52. The molecule has 0 spiro atoms. The molecule has 1 saturated carbocycles. The van der Waals surface area contributed by atoms with Crippen LogP contribution in [0.5, 0.6) is 0 Å². The van der Waals surface area contributed by atoms with Crippen LogP contribution in [0.1, 0.15) is 33.1 Å². The fourth-order valence-electron chi connectivity index (χ4n) is 3.20. The van der Waals surface area contributed by atoms with Gasteiger partial charge in [-0.1, -0.05) is 56.1 Å². The van der Waals surface area contributed by atoms with Crippen molar-refractivity contribution >= 4 is 29.3 Å². The second-order valence-electron chi connectivity index (χ2n) is 6.58. The molecule has 0 aliphatic heterocycles. The monoisotopic (exact) mass is 379 g/mol. The van der Waals surface area contributed by atoms with Crippen molar-refractivity contribution in [1.29, 1.82) is 0 Å². The number of thioether (sulfide) groups is 1. The van der Waals surface area contributed by atoms with Gasteiger partial charge in [0.2, 0.25) is 11.1 Å². The second kappa shape index (κ2) is 8.19. The molecule has 1 heterocycles. The maximum atomic E-state index is 12.3. The summed E-state index contributed by atoms with van der Waals surface area (Å²) < 4.78 is 1.59. The largest absolute Gasteiger partial charge is 0.352 e. The van der Waals surface area contributed by atoms with Gasteiger partial charge in [-0.3, -0.25) is 4.79 Å². The van der Waals surface area contributed by atoms with Crippen LogP contribution in [0.25, 0.3) is 5.69 Å². The van der Waals surface area contributed by atoms with E-state index in [2.05, 4.69) is 34.7 Å². The molecule has 0 unspecified atom stereocenters. The highest BCUT2D eigenvalue weighted by atomic mass is 35.5. The van der Waals surface area contributed by atoms with Crippen LogP contribution in [0.4, 0.5) is 0 Å². The van der Waals surface area contributed by atoms with Crippen molar-refractivity contribution in [3.8, 4) is 5.69 Å². The lowest BCUT2D eigenvalue weighted by Gasteiger charge is -2.34. The molecule has 2 aromatic rings.